The van der Waals surface area contributed by atoms with E-state index in [1.54, 1.807) is 11.8 Å². The van der Waals surface area contributed by atoms with Crippen LogP contribution in [0, 0.1) is 0 Å². The minimum absolute atomic E-state index is 0.0252. The summed E-state index contributed by atoms with van der Waals surface area (Å²) in [4.78, 5) is 14.7. The Balaban J connectivity index is 1.72. The van der Waals surface area contributed by atoms with Gasteiger partial charge in [0.15, 0.2) is 5.78 Å². The second-order valence-electron chi connectivity index (χ2n) is 6.47. The Morgan fingerprint density at radius 1 is 0.760 bits per heavy atom. The number of rotatable bonds is 5. The fraction of sp³-hybridized carbons (Fsp3) is 0.136. The largest absolute Gasteiger partial charge is 0.289 e. The van der Waals surface area contributed by atoms with Crippen LogP contribution in [0.3, 0.4) is 0 Å². The summed E-state index contributed by atoms with van der Waals surface area (Å²) in [7, 11) is 0. The van der Waals surface area contributed by atoms with Crippen molar-refractivity contribution >= 4 is 30.2 Å². The first-order valence-electron chi connectivity index (χ1n) is 8.17. The first-order chi connectivity index (χ1) is 11.9. The van der Waals surface area contributed by atoms with E-state index in [4.69, 9.17) is 0 Å². The molecule has 25 heavy (non-hydrogen) atoms. The molecule has 126 valence electrons. The summed E-state index contributed by atoms with van der Waals surface area (Å²) in [6, 6.07) is 25.7. The molecule has 0 aromatic heterocycles. The van der Waals surface area contributed by atoms with Gasteiger partial charge in [-0.15, -0.1) is 0 Å². The highest BCUT2D eigenvalue weighted by atomic mass is 32.2. The van der Waals surface area contributed by atoms with Gasteiger partial charge in [-0.2, -0.15) is 0 Å². The minimum atomic E-state index is -0.0252. The molecule has 3 aromatic rings. The average molecular weight is 366 g/mol. The fourth-order valence-corrected chi connectivity index (χ4v) is 3.49. The molecule has 0 aliphatic rings. The number of carbonyl (C=O) groups is 1. The van der Waals surface area contributed by atoms with Crippen molar-refractivity contribution < 1.29 is 4.79 Å². The van der Waals surface area contributed by atoms with Crippen LogP contribution in [0.2, 0.25) is 0 Å². The molecule has 0 aliphatic carbocycles. The van der Waals surface area contributed by atoms with Gasteiger partial charge < -0.3 is 0 Å². The molecule has 3 heteroatoms. The van der Waals surface area contributed by atoms with Gasteiger partial charge >= 0.3 is 0 Å². The molecule has 3 aromatic carbocycles. The van der Waals surface area contributed by atoms with E-state index in [-0.39, 0.29) is 10.5 Å². The third-order valence-corrected chi connectivity index (χ3v) is 5.27. The van der Waals surface area contributed by atoms with Gasteiger partial charge in [0, 0.05) is 26.5 Å². The number of benzene rings is 3. The van der Waals surface area contributed by atoms with Crippen LogP contribution in [-0.2, 0) is 17.4 Å². The van der Waals surface area contributed by atoms with E-state index < -0.39 is 0 Å². The molecule has 0 amide bonds. The summed E-state index contributed by atoms with van der Waals surface area (Å²) >= 11 is 5.43. The second-order valence-corrected chi connectivity index (χ2v) is 8.87. The third-order valence-electron chi connectivity index (χ3n) is 3.96. The number of hydrogen-bond acceptors (Lipinski definition) is 2. The summed E-state index contributed by atoms with van der Waals surface area (Å²) in [5.41, 5.74) is 2.68. The van der Waals surface area contributed by atoms with Gasteiger partial charge in [0.2, 0.25) is 0 Å². The Kier molecular flexibility index (Phi) is 5.36. The summed E-state index contributed by atoms with van der Waals surface area (Å²) in [6.45, 7) is 4.27. The van der Waals surface area contributed by atoms with E-state index in [1.807, 2.05) is 54.6 Å². The lowest BCUT2D eigenvalue weighted by atomic mass is 10.0. The maximum Gasteiger partial charge on any atom is 0.193 e. The van der Waals surface area contributed by atoms with Crippen LogP contribution in [0.1, 0.15) is 35.3 Å². The summed E-state index contributed by atoms with van der Waals surface area (Å²) in [5, 5.41) is 0. The summed E-state index contributed by atoms with van der Waals surface area (Å²) < 4.78 is -0.0252. The molecule has 1 nitrogen and oxygen atoms in total. The number of hydrogen-bond donors (Lipinski definition) is 0. The molecule has 0 radical (unpaired) electrons. The molecule has 0 aliphatic heterocycles. The van der Waals surface area contributed by atoms with Crippen molar-refractivity contribution in [2.24, 2.45) is 0 Å². The van der Waals surface area contributed by atoms with E-state index in [1.165, 1.54) is 10.5 Å². The smallest absolute Gasteiger partial charge is 0.193 e. The molecule has 0 saturated carbocycles. The highest BCUT2D eigenvalue weighted by Gasteiger charge is 2.20. The zero-order chi connectivity index (χ0) is 17.9. The van der Waals surface area contributed by atoms with Crippen LogP contribution < -0.4 is 0 Å². The monoisotopic (exact) mass is 365 g/mol. The Morgan fingerprint density at radius 2 is 1.24 bits per heavy atom. The standard InChI is InChI=1S/C22H20OS2/c1-22(2,24)18-10-14-20(15-11-18)25-19-12-8-17(9-13-19)21(23)16-6-4-3-5-7-16/h3-15,24H,1-2H3/p+1. The van der Waals surface area contributed by atoms with Crippen molar-refractivity contribution in [3.05, 3.63) is 95.6 Å². The van der Waals surface area contributed by atoms with Gasteiger partial charge in [-0.25, -0.2) is 0 Å². The highest BCUT2D eigenvalue weighted by Crippen LogP contribution is 2.30. The Morgan fingerprint density at radius 3 is 1.76 bits per heavy atom. The van der Waals surface area contributed by atoms with Crippen LogP contribution in [0.4, 0.5) is 0 Å². The van der Waals surface area contributed by atoms with Crippen LogP contribution >= 0.6 is 11.8 Å². The quantitative estimate of drug-likeness (QED) is 0.450. The van der Waals surface area contributed by atoms with Crippen molar-refractivity contribution in [1.82, 2.24) is 0 Å². The van der Waals surface area contributed by atoms with Crippen LogP contribution in [0.5, 0.6) is 0 Å². The zero-order valence-corrected chi connectivity index (χ0v) is 16.1. The highest BCUT2D eigenvalue weighted by molar-refractivity contribution is 7.99. The van der Waals surface area contributed by atoms with Crippen LogP contribution in [-0.4, -0.2) is 5.78 Å². The molecule has 3 rings (SSSR count). The predicted octanol–water partition coefficient (Wildman–Crippen LogP) is 5.32. The predicted molar refractivity (Wildman–Crippen MR) is 110 cm³/mol. The van der Waals surface area contributed by atoms with E-state index >= 15 is 0 Å². The van der Waals surface area contributed by atoms with E-state index in [2.05, 4.69) is 50.7 Å². The van der Waals surface area contributed by atoms with Gasteiger partial charge in [0.05, 0.1) is 0 Å². The lowest BCUT2D eigenvalue weighted by molar-refractivity contribution is 0.103. The summed E-state index contributed by atoms with van der Waals surface area (Å²) in [6.07, 6.45) is 0. The Bertz CT molecular complexity index is 845. The molecular formula is C22H21OS2+. The van der Waals surface area contributed by atoms with Crippen molar-refractivity contribution in [3.8, 4) is 0 Å². The molecule has 0 unspecified atom stereocenters. The third kappa shape index (κ3) is 4.56. The molecule has 0 saturated heterocycles. The van der Waals surface area contributed by atoms with Crippen LogP contribution in [0.25, 0.3) is 0 Å². The molecule has 0 heterocycles. The molecule has 0 N–H and O–H groups in total. The van der Waals surface area contributed by atoms with Gasteiger partial charge in [-0.05, 0) is 62.9 Å². The zero-order valence-electron chi connectivity index (χ0n) is 14.3. The molecule has 0 atom stereocenters. The average Bonchev–Trinajstić information content (AvgIpc) is 2.62. The van der Waals surface area contributed by atoms with Gasteiger partial charge in [-0.1, -0.05) is 54.2 Å². The van der Waals surface area contributed by atoms with E-state index in [9.17, 15) is 4.79 Å². The molecule has 0 bridgehead atoms. The van der Waals surface area contributed by atoms with Crippen molar-refractivity contribution in [1.29, 1.82) is 0 Å². The van der Waals surface area contributed by atoms with Crippen molar-refractivity contribution in [3.63, 3.8) is 0 Å². The lowest BCUT2D eigenvalue weighted by Gasteiger charge is -2.12. The first kappa shape index (κ1) is 17.8. The SMILES string of the molecule is CC(C)([SH2+])c1ccc(Sc2ccc(C(=O)c3ccccc3)cc2)cc1. The van der Waals surface area contributed by atoms with Crippen molar-refractivity contribution in [2.75, 3.05) is 0 Å². The molecule has 0 fully saturated rings. The minimum Gasteiger partial charge on any atom is -0.289 e. The fourth-order valence-electron chi connectivity index (χ4n) is 2.51. The van der Waals surface area contributed by atoms with E-state index in [0.717, 1.165) is 10.5 Å². The van der Waals surface area contributed by atoms with Crippen molar-refractivity contribution in [2.45, 2.75) is 28.4 Å². The molecular weight excluding hydrogens is 344 g/mol. The van der Waals surface area contributed by atoms with Gasteiger partial charge in [0.25, 0.3) is 0 Å². The van der Waals surface area contributed by atoms with Crippen LogP contribution in [0.15, 0.2) is 88.7 Å². The number of carbonyl (C=O) groups excluding carboxylic acids is 1. The van der Waals surface area contributed by atoms with Gasteiger partial charge in [0.1, 0.15) is 4.75 Å². The maximum atomic E-state index is 12.4. The van der Waals surface area contributed by atoms with E-state index in [0.29, 0.717) is 5.56 Å². The Labute approximate surface area is 158 Å². The van der Waals surface area contributed by atoms with Gasteiger partial charge in [-0.3, -0.25) is 4.79 Å². The molecule has 0 spiro atoms. The number of ketones is 1. The topological polar surface area (TPSA) is 17.1 Å². The summed E-state index contributed by atoms with van der Waals surface area (Å²) in [5.74, 6) is 0.0563. The maximum absolute atomic E-state index is 12.4. The Hall–Kier alpha value is -1.97. The lowest BCUT2D eigenvalue weighted by Crippen LogP contribution is -2.11. The second kappa shape index (κ2) is 7.51. The first-order valence-corrected chi connectivity index (χ1v) is 9.48. The normalized spacial score (nSPS) is 11.3.